The molecular formula is C29H25N5O5. The van der Waals surface area contributed by atoms with Gasteiger partial charge in [0.25, 0.3) is 11.7 Å². The van der Waals surface area contributed by atoms with E-state index in [1.165, 1.54) is 32.7 Å². The number of methoxy groups -OCH3 is 3. The molecule has 196 valence electrons. The highest BCUT2D eigenvalue weighted by Crippen LogP contribution is 2.43. The van der Waals surface area contributed by atoms with Crippen LogP contribution in [0.5, 0.6) is 23.0 Å². The first-order chi connectivity index (χ1) is 19.0. The Hall–Kier alpha value is -5.12. The lowest BCUT2D eigenvalue weighted by molar-refractivity contribution is 0.0991. The summed E-state index contributed by atoms with van der Waals surface area (Å²) in [5.41, 5.74) is 4.23. The third-order valence-electron chi connectivity index (χ3n) is 6.89. The van der Waals surface area contributed by atoms with Crippen molar-refractivity contribution in [1.82, 2.24) is 19.6 Å². The van der Waals surface area contributed by atoms with Crippen molar-refractivity contribution in [1.29, 1.82) is 0 Å². The second-order valence-electron chi connectivity index (χ2n) is 9.01. The van der Waals surface area contributed by atoms with E-state index in [1.54, 1.807) is 16.5 Å². The van der Waals surface area contributed by atoms with Gasteiger partial charge in [-0.15, -0.1) is 0 Å². The van der Waals surface area contributed by atoms with Crippen molar-refractivity contribution in [3.63, 3.8) is 0 Å². The predicted octanol–water partition coefficient (Wildman–Crippen LogP) is 4.47. The zero-order valence-electron chi connectivity index (χ0n) is 21.5. The number of nitrogens with zero attached hydrogens (tertiary/aromatic N) is 5. The standard InChI is InChI=1S/C29H25N5O5/c1-37-20-10-8-18(9-11-20)33-23(21-6-4-5-7-22(21)28(33)36)12-17-13-24(34-29(32-17)30-16-31-34)27-25(38-2)14-19(35)15-26(27)39-3/h4-11,13-16,23,35H,12H2,1-3H3. The number of amides is 1. The molecule has 2 aromatic heterocycles. The molecule has 1 unspecified atom stereocenters. The van der Waals surface area contributed by atoms with Crippen LogP contribution in [0.25, 0.3) is 17.0 Å². The van der Waals surface area contributed by atoms with Crippen molar-refractivity contribution < 1.29 is 24.1 Å². The molecule has 0 radical (unpaired) electrons. The molecule has 0 fully saturated rings. The van der Waals surface area contributed by atoms with Crippen LogP contribution >= 0.6 is 0 Å². The first kappa shape index (κ1) is 24.2. The molecule has 5 aromatic rings. The Morgan fingerprint density at radius 3 is 2.33 bits per heavy atom. The van der Waals surface area contributed by atoms with Gasteiger partial charge in [0.05, 0.1) is 38.6 Å². The normalized spacial score (nSPS) is 14.5. The fourth-order valence-electron chi connectivity index (χ4n) is 5.13. The smallest absolute Gasteiger partial charge is 0.259 e. The van der Waals surface area contributed by atoms with Crippen molar-refractivity contribution in [3.8, 4) is 34.3 Å². The number of carbonyl (C=O) groups is 1. The maximum absolute atomic E-state index is 13.6. The van der Waals surface area contributed by atoms with Crippen LogP contribution in [0.3, 0.4) is 0 Å². The number of phenolic OH excluding ortho intramolecular Hbond substituents is 1. The van der Waals surface area contributed by atoms with Crippen LogP contribution < -0.4 is 19.1 Å². The third kappa shape index (κ3) is 4.06. The molecule has 1 atom stereocenters. The van der Waals surface area contributed by atoms with Gasteiger partial charge in [-0.05, 0) is 42.0 Å². The molecular weight excluding hydrogens is 498 g/mol. The van der Waals surface area contributed by atoms with E-state index >= 15 is 0 Å². The molecule has 3 aromatic carbocycles. The van der Waals surface area contributed by atoms with Crippen LogP contribution in [0.2, 0.25) is 0 Å². The van der Waals surface area contributed by atoms with E-state index in [4.69, 9.17) is 19.2 Å². The van der Waals surface area contributed by atoms with Gasteiger partial charge in [-0.1, -0.05) is 18.2 Å². The van der Waals surface area contributed by atoms with E-state index < -0.39 is 0 Å². The van der Waals surface area contributed by atoms with Crippen molar-refractivity contribution in [3.05, 3.63) is 89.9 Å². The van der Waals surface area contributed by atoms with E-state index in [2.05, 4.69) is 10.1 Å². The number of fused-ring (bicyclic) bond motifs is 2. The first-order valence-corrected chi connectivity index (χ1v) is 12.2. The van der Waals surface area contributed by atoms with E-state index in [1.807, 2.05) is 54.6 Å². The highest BCUT2D eigenvalue weighted by atomic mass is 16.5. The van der Waals surface area contributed by atoms with Gasteiger partial charge in [0.1, 0.15) is 29.3 Å². The van der Waals surface area contributed by atoms with Crippen molar-refractivity contribution in [2.45, 2.75) is 12.5 Å². The highest BCUT2D eigenvalue weighted by Gasteiger charge is 2.38. The van der Waals surface area contributed by atoms with Crippen LogP contribution in [-0.4, -0.2) is 51.9 Å². The SMILES string of the molecule is COc1ccc(N2C(=O)c3ccccc3C2Cc2cc(-c3c(OC)cc(O)cc3OC)n3ncnc3n2)cc1. The first-order valence-electron chi connectivity index (χ1n) is 12.2. The Balaban J connectivity index is 1.49. The van der Waals surface area contributed by atoms with Crippen LogP contribution in [0, 0.1) is 0 Å². The number of ether oxygens (including phenoxy) is 3. The van der Waals surface area contributed by atoms with Gasteiger partial charge in [-0.25, -0.2) is 4.98 Å². The molecule has 6 rings (SSSR count). The minimum atomic E-state index is -0.309. The van der Waals surface area contributed by atoms with E-state index in [0.717, 1.165) is 11.3 Å². The average molecular weight is 524 g/mol. The summed E-state index contributed by atoms with van der Waals surface area (Å²) in [5, 5.41) is 14.5. The maximum atomic E-state index is 13.6. The van der Waals surface area contributed by atoms with Crippen LogP contribution in [0.1, 0.15) is 27.7 Å². The zero-order valence-corrected chi connectivity index (χ0v) is 21.5. The quantitative estimate of drug-likeness (QED) is 0.333. The Morgan fingerprint density at radius 2 is 1.64 bits per heavy atom. The molecule has 0 bridgehead atoms. The molecule has 0 aliphatic carbocycles. The number of rotatable bonds is 7. The van der Waals surface area contributed by atoms with Gasteiger partial charge < -0.3 is 24.2 Å². The van der Waals surface area contributed by atoms with Crippen molar-refractivity contribution >= 4 is 17.4 Å². The summed E-state index contributed by atoms with van der Waals surface area (Å²) in [6.07, 6.45) is 1.83. The Bertz CT molecular complexity index is 1670. The van der Waals surface area contributed by atoms with Gasteiger partial charge in [-0.3, -0.25) is 4.79 Å². The van der Waals surface area contributed by atoms with E-state index in [0.29, 0.717) is 52.0 Å². The number of hydrogen-bond donors (Lipinski definition) is 1. The summed E-state index contributed by atoms with van der Waals surface area (Å²) >= 11 is 0. The maximum Gasteiger partial charge on any atom is 0.259 e. The number of anilines is 1. The predicted molar refractivity (Wildman–Crippen MR) is 144 cm³/mol. The van der Waals surface area contributed by atoms with Gasteiger partial charge in [0.15, 0.2) is 0 Å². The molecule has 10 nitrogen and oxygen atoms in total. The lowest BCUT2D eigenvalue weighted by atomic mass is 9.99. The van der Waals surface area contributed by atoms with Crippen LogP contribution in [0.4, 0.5) is 5.69 Å². The van der Waals surface area contributed by atoms with E-state index in [9.17, 15) is 9.90 Å². The fourth-order valence-corrected chi connectivity index (χ4v) is 5.13. The Kier molecular flexibility index (Phi) is 5.99. The van der Waals surface area contributed by atoms with Gasteiger partial charge in [-0.2, -0.15) is 14.6 Å². The summed E-state index contributed by atoms with van der Waals surface area (Å²) in [5.74, 6) is 1.83. The number of benzene rings is 3. The van der Waals surface area contributed by atoms with Crippen LogP contribution in [-0.2, 0) is 6.42 Å². The summed E-state index contributed by atoms with van der Waals surface area (Å²) in [4.78, 5) is 24.5. The van der Waals surface area contributed by atoms with E-state index in [-0.39, 0.29) is 17.7 Å². The summed E-state index contributed by atoms with van der Waals surface area (Å²) < 4.78 is 18.1. The largest absolute Gasteiger partial charge is 0.508 e. The molecule has 10 heteroatoms. The molecule has 1 N–H and O–H groups in total. The lowest BCUT2D eigenvalue weighted by Crippen LogP contribution is -2.29. The molecule has 3 heterocycles. The number of aromatic nitrogens is 4. The second-order valence-corrected chi connectivity index (χ2v) is 9.01. The van der Waals surface area contributed by atoms with Crippen molar-refractivity contribution in [2.24, 2.45) is 0 Å². The fraction of sp³-hybridized carbons (Fsp3) is 0.172. The minimum Gasteiger partial charge on any atom is -0.508 e. The Morgan fingerprint density at radius 1 is 0.923 bits per heavy atom. The van der Waals surface area contributed by atoms with Gasteiger partial charge >= 0.3 is 0 Å². The van der Waals surface area contributed by atoms with Gasteiger partial charge in [0.2, 0.25) is 0 Å². The second kappa shape index (κ2) is 9.64. The summed E-state index contributed by atoms with van der Waals surface area (Å²) in [7, 11) is 4.65. The third-order valence-corrected chi connectivity index (χ3v) is 6.89. The monoisotopic (exact) mass is 523 g/mol. The average Bonchev–Trinajstić information content (AvgIpc) is 3.55. The van der Waals surface area contributed by atoms with Gasteiger partial charge in [0, 0.05) is 35.5 Å². The van der Waals surface area contributed by atoms with Crippen molar-refractivity contribution in [2.75, 3.05) is 26.2 Å². The number of hydrogen-bond acceptors (Lipinski definition) is 8. The summed E-state index contributed by atoms with van der Waals surface area (Å²) in [6.45, 7) is 0. The Labute approximate surface area is 224 Å². The topological polar surface area (TPSA) is 111 Å². The summed E-state index contributed by atoms with van der Waals surface area (Å²) in [6, 6.07) is 19.7. The molecule has 0 spiro atoms. The molecule has 1 amide bonds. The number of carbonyl (C=O) groups excluding carboxylic acids is 1. The minimum absolute atomic E-state index is 0.00720. The molecule has 39 heavy (non-hydrogen) atoms. The molecule has 1 aliphatic heterocycles. The number of aromatic hydroxyl groups is 1. The molecule has 0 saturated carbocycles. The number of phenols is 1. The van der Waals surface area contributed by atoms with Crippen LogP contribution in [0.15, 0.2) is 73.1 Å². The zero-order chi connectivity index (χ0) is 27.1. The molecule has 0 saturated heterocycles. The molecule has 1 aliphatic rings. The lowest BCUT2D eigenvalue weighted by Gasteiger charge is -2.26. The highest BCUT2D eigenvalue weighted by molar-refractivity contribution is 6.11.